The molecule has 5 heteroatoms. The molecule has 0 saturated carbocycles. The van der Waals surface area contributed by atoms with Crippen molar-refractivity contribution in [3.63, 3.8) is 0 Å². The van der Waals surface area contributed by atoms with Crippen LogP contribution in [0, 0.1) is 0 Å². The molecule has 1 aromatic heterocycles. The van der Waals surface area contributed by atoms with Crippen molar-refractivity contribution in [1.82, 2.24) is 15.1 Å². The van der Waals surface area contributed by atoms with E-state index in [9.17, 15) is 0 Å². The van der Waals surface area contributed by atoms with Gasteiger partial charge in [0.25, 0.3) is 0 Å². The lowest BCUT2D eigenvalue weighted by Gasteiger charge is -2.38. The van der Waals surface area contributed by atoms with Gasteiger partial charge < -0.3 is 10.1 Å². The fourth-order valence-electron chi connectivity index (χ4n) is 3.16. The number of aryl methyl sites for hydroxylation is 1. The van der Waals surface area contributed by atoms with Gasteiger partial charge in [-0.3, -0.25) is 4.68 Å². The summed E-state index contributed by atoms with van der Waals surface area (Å²) in [6.45, 7) is 3.48. The smallest absolute Gasteiger partial charge is 0.0534 e. The molecule has 2 heterocycles. The molecule has 3 rings (SSSR count). The first kappa shape index (κ1) is 15.7. The van der Waals surface area contributed by atoms with Gasteiger partial charge in [0.05, 0.1) is 6.20 Å². The average molecular weight is 364 g/mol. The molecule has 0 atom stereocenters. The maximum Gasteiger partial charge on any atom is 0.0534 e. The van der Waals surface area contributed by atoms with Gasteiger partial charge >= 0.3 is 0 Å². The Bertz CT molecular complexity index is 620. The van der Waals surface area contributed by atoms with Crippen LogP contribution in [0.1, 0.15) is 24.0 Å². The first-order valence-electron chi connectivity index (χ1n) is 7.70. The van der Waals surface area contributed by atoms with Crippen LogP contribution in [0.5, 0.6) is 0 Å². The van der Waals surface area contributed by atoms with Crippen LogP contribution < -0.4 is 5.32 Å². The van der Waals surface area contributed by atoms with Crippen LogP contribution in [0.4, 0.5) is 0 Å². The number of hydrogen-bond acceptors (Lipinski definition) is 3. The lowest BCUT2D eigenvalue weighted by Crippen LogP contribution is -2.42. The number of hydrogen-bond donors (Lipinski definition) is 1. The molecule has 0 unspecified atom stereocenters. The summed E-state index contributed by atoms with van der Waals surface area (Å²) in [5, 5.41) is 7.84. The van der Waals surface area contributed by atoms with Crippen LogP contribution in [0.2, 0.25) is 0 Å². The minimum absolute atomic E-state index is 0.157. The number of aromatic nitrogens is 2. The summed E-state index contributed by atoms with van der Waals surface area (Å²) in [4.78, 5) is 0. The number of rotatable bonds is 5. The van der Waals surface area contributed by atoms with E-state index in [2.05, 4.69) is 56.8 Å². The standard InChI is InChI=1S/C17H22BrN3O/c1-21-12-14(11-20-21)10-19-13-17(5-7-22-8-6-17)15-3-2-4-16(18)9-15/h2-4,9,11-12,19H,5-8,10,13H2,1H3. The van der Waals surface area contributed by atoms with Crippen molar-refractivity contribution >= 4 is 15.9 Å². The Kier molecular flexibility index (Phi) is 4.96. The number of halogens is 1. The second-order valence-corrected chi connectivity index (χ2v) is 6.94. The van der Waals surface area contributed by atoms with Gasteiger partial charge in [0.15, 0.2) is 0 Å². The first-order chi connectivity index (χ1) is 10.7. The van der Waals surface area contributed by atoms with E-state index in [0.29, 0.717) is 0 Å². The summed E-state index contributed by atoms with van der Waals surface area (Å²) in [6, 6.07) is 8.69. The zero-order valence-corrected chi connectivity index (χ0v) is 14.5. The molecule has 22 heavy (non-hydrogen) atoms. The molecule has 0 radical (unpaired) electrons. The molecule has 0 bridgehead atoms. The lowest BCUT2D eigenvalue weighted by molar-refractivity contribution is 0.0497. The van der Waals surface area contributed by atoms with E-state index < -0.39 is 0 Å². The quantitative estimate of drug-likeness (QED) is 0.887. The molecule has 0 aliphatic carbocycles. The van der Waals surface area contributed by atoms with Gasteiger partial charge in [-0.1, -0.05) is 28.1 Å². The van der Waals surface area contributed by atoms with Gasteiger partial charge in [0.1, 0.15) is 0 Å². The average Bonchev–Trinajstić information content (AvgIpc) is 2.94. The van der Waals surface area contributed by atoms with Crippen molar-refractivity contribution in [2.45, 2.75) is 24.8 Å². The highest BCUT2D eigenvalue weighted by molar-refractivity contribution is 9.10. The Labute approximate surface area is 140 Å². The van der Waals surface area contributed by atoms with Crippen LogP contribution in [-0.2, 0) is 23.7 Å². The van der Waals surface area contributed by atoms with Crippen molar-refractivity contribution in [3.8, 4) is 0 Å². The predicted molar refractivity (Wildman–Crippen MR) is 90.8 cm³/mol. The highest BCUT2D eigenvalue weighted by Gasteiger charge is 2.34. The Morgan fingerprint density at radius 1 is 1.36 bits per heavy atom. The largest absolute Gasteiger partial charge is 0.381 e. The normalized spacial score (nSPS) is 17.5. The van der Waals surface area contributed by atoms with E-state index in [1.165, 1.54) is 11.1 Å². The summed E-state index contributed by atoms with van der Waals surface area (Å²) in [6.07, 6.45) is 6.10. The zero-order chi connectivity index (χ0) is 15.4. The van der Waals surface area contributed by atoms with E-state index in [4.69, 9.17) is 4.74 Å². The lowest BCUT2D eigenvalue weighted by atomic mass is 9.74. The van der Waals surface area contributed by atoms with Crippen LogP contribution in [0.25, 0.3) is 0 Å². The minimum atomic E-state index is 0.157. The van der Waals surface area contributed by atoms with Crippen molar-refractivity contribution in [1.29, 1.82) is 0 Å². The minimum Gasteiger partial charge on any atom is -0.381 e. The molecule has 1 aliphatic heterocycles. The summed E-state index contributed by atoms with van der Waals surface area (Å²) in [5.74, 6) is 0. The van der Waals surface area contributed by atoms with Crippen LogP contribution in [0.15, 0.2) is 41.1 Å². The molecular weight excluding hydrogens is 342 g/mol. The Hall–Kier alpha value is -1.17. The third-order valence-electron chi connectivity index (χ3n) is 4.44. The number of benzene rings is 1. The molecule has 2 aromatic rings. The van der Waals surface area contributed by atoms with Gasteiger partial charge in [-0.2, -0.15) is 5.10 Å². The maximum absolute atomic E-state index is 5.59. The third kappa shape index (κ3) is 3.59. The molecule has 4 nitrogen and oxygen atoms in total. The van der Waals surface area contributed by atoms with Crippen LogP contribution in [0.3, 0.4) is 0 Å². The Morgan fingerprint density at radius 3 is 2.86 bits per heavy atom. The highest BCUT2D eigenvalue weighted by atomic mass is 79.9. The van der Waals surface area contributed by atoms with Gasteiger partial charge in [-0.25, -0.2) is 0 Å². The predicted octanol–water partition coefficient (Wildman–Crippen LogP) is 3.02. The monoisotopic (exact) mass is 363 g/mol. The van der Waals surface area contributed by atoms with E-state index in [0.717, 1.165) is 43.6 Å². The molecule has 1 aromatic carbocycles. The number of ether oxygens (including phenoxy) is 1. The van der Waals surface area contributed by atoms with Crippen molar-refractivity contribution in [3.05, 3.63) is 52.3 Å². The summed E-state index contributed by atoms with van der Waals surface area (Å²) >= 11 is 3.60. The fraction of sp³-hybridized carbons (Fsp3) is 0.471. The number of nitrogens with zero attached hydrogens (tertiary/aromatic N) is 2. The van der Waals surface area contributed by atoms with E-state index in [1.54, 1.807) is 0 Å². The van der Waals surface area contributed by atoms with E-state index >= 15 is 0 Å². The van der Waals surface area contributed by atoms with E-state index in [-0.39, 0.29) is 5.41 Å². The third-order valence-corrected chi connectivity index (χ3v) is 4.93. The van der Waals surface area contributed by atoms with Crippen LogP contribution in [-0.4, -0.2) is 29.5 Å². The molecule has 0 spiro atoms. The summed E-state index contributed by atoms with van der Waals surface area (Å²) in [7, 11) is 1.95. The molecular formula is C17H22BrN3O. The molecule has 1 aliphatic rings. The van der Waals surface area contributed by atoms with Gasteiger partial charge in [-0.15, -0.1) is 0 Å². The Morgan fingerprint density at radius 2 is 2.18 bits per heavy atom. The first-order valence-corrected chi connectivity index (χ1v) is 8.49. The molecule has 1 fully saturated rings. The summed E-state index contributed by atoms with van der Waals surface area (Å²) < 4.78 is 8.58. The maximum atomic E-state index is 5.59. The van der Waals surface area contributed by atoms with Crippen molar-refractivity contribution in [2.75, 3.05) is 19.8 Å². The SMILES string of the molecule is Cn1cc(CNCC2(c3cccc(Br)c3)CCOCC2)cn1. The van der Waals surface area contributed by atoms with Gasteiger partial charge in [0.2, 0.25) is 0 Å². The fourth-order valence-corrected chi connectivity index (χ4v) is 3.56. The van der Waals surface area contributed by atoms with Crippen molar-refractivity contribution in [2.24, 2.45) is 7.05 Å². The van der Waals surface area contributed by atoms with E-state index in [1.807, 2.05) is 17.9 Å². The van der Waals surface area contributed by atoms with Gasteiger partial charge in [-0.05, 0) is 30.5 Å². The summed E-state index contributed by atoms with van der Waals surface area (Å²) in [5.41, 5.74) is 2.77. The molecule has 1 N–H and O–H groups in total. The second-order valence-electron chi connectivity index (χ2n) is 6.03. The van der Waals surface area contributed by atoms with Crippen LogP contribution >= 0.6 is 15.9 Å². The highest BCUT2D eigenvalue weighted by Crippen LogP contribution is 2.35. The molecule has 118 valence electrons. The molecule has 1 saturated heterocycles. The van der Waals surface area contributed by atoms with Gasteiger partial charge in [0, 0.05) is 55.0 Å². The van der Waals surface area contributed by atoms with Crippen molar-refractivity contribution < 1.29 is 4.74 Å². The second kappa shape index (κ2) is 6.94. The Balaban J connectivity index is 1.72. The zero-order valence-electron chi connectivity index (χ0n) is 12.9. The topological polar surface area (TPSA) is 39.1 Å². The number of nitrogens with one attached hydrogen (secondary N) is 1. The molecule has 0 amide bonds.